The molecule has 5 nitrogen and oxygen atoms in total. The number of aliphatic hydroxyl groups excluding tert-OH is 1. The third-order valence-electron chi connectivity index (χ3n) is 3.08. The zero-order valence-corrected chi connectivity index (χ0v) is 11.0. The summed E-state index contributed by atoms with van der Waals surface area (Å²) < 4.78 is 28.3. The summed E-state index contributed by atoms with van der Waals surface area (Å²) in [6.07, 6.45) is 2.89. The molecule has 0 unspecified atom stereocenters. The zero-order chi connectivity index (χ0) is 13.0. The van der Waals surface area contributed by atoms with Gasteiger partial charge < -0.3 is 5.11 Å². The van der Waals surface area contributed by atoms with Crippen LogP contribution in [0.3, 0.4) is 0 Å². The minimum absolute atomic E-state index is 0.182. The van der Waals surface area contributed by atoms with Crippen molar-refractivity contribution >= 4 is 15.9 Å². The number of rotatable bonds is 4. The van der Waals surface area contributed by atoms with Crippen LogP contribution in [0, 0.1) is 0 Å². The first-order valence-electron chi connectivity index (χ1n) is 6.10. The third kappa shape index (κ3) is 3.01. The van der Waals surface area contributed by atoms with E-state index in [1.807, 2.05) is 0 Å². The molecule has 0 bridgehead atoms. The van der Waals surface area contributed by atoms with Crippen molar-refractivity contribution in [3.63, 3.8) is 0 Å². The van der Waals surface area contributed by atoms with Crippen LogP contribution < -0.4 is 4.72 Å². The van der Waals surface area contributed by atoms with Gasteiger partial charge in [0, 0.05) is 18.7 Å². The fraction of sp³-hybridized carbons (Fsp3) is 0.500. The molecule has 1 aromatic carbocycles. The summed E-state index contributed by atoms with van der Waals surface area (Å²) in [6.45, 7) is 0.950. The van der Waals surface area contributed by atoms with Gasteiger partial charge in [-0.25, -0.2) is 0 Å². The molecule has 0 spiro atoms. The first kappa shape index (κ1) is 13.3. The molecule has 2 N–H and O–H groups in total. The maximum Gasteiger partial charge on any atom is 0.301 e. The Morgan fingerprint density at radius 1 is 1.17 bits per heavy atom. The number of nitrogens with one attached hydrogen (secondary N) is 1. The molecule has 0 atom stereocenters. The second-order valence-corrected chi connectivity index (χ2v) is 6.05. The molecule has 100 valence electrons. The Hall–Kier alpha value is -1.11. The number of anilines is 1. The minimum atomic E-state index is -3.50. The van der Waals surface area contributed by atoms with Gasteiger partial charge in [-0.15, -0.1) is 0 Å². The van der Waals surface area contributed by atoms with Gasteiger partial charge in [0.05, 0.1) is 12.3 Å². The SMILES string of the molecule is O=S(=O)(Nc1ccccc1CO)N1CCCCC1. The van der Waals surface area contributed by atoms with Crippen molar-refractivity contribution < 1.29 is 13.5 Å². The lowest BCUT2D eigenvalue weighted by atomic mass is 10.2. The Morgan fingerprint density at radius 3 is 2.50 bits per heavy atom. The molecule has 2 rings (SSSR count). The highest BCUT2D eigenvalue weighted by Gasteiger charge is 2.24. The first-order chi connectivity index (χ1) is 8.63. The van der Waals surface area contributed by atoms with Gasteiger partial charge in [0.15, 0.2) is 0 Å². The van der Waals surface area contributed by atoms with Crippen molar-refractivity contribution in [1.29, 1.82) is 0 Å². The molecule has 0 radical (unpaired) electrons. The van der Waals surface area contributed by atoms with Gasteiger partial charge in [0.25, 0.3) is 0 Å². The lowest BCUT2D eigenvalue weighted by Gasteiger charge is -2.26. The Balaban J connectivity index is 2.16. The van der Waals surface area contributed by atoms with Crippen molar-refractivity contribution in [2.45, 2.75) is 25.9 Å². The highest BCUT2D eigenvalue weighted by Crippen LogP contribution is 2.19. The van der Waals surface area contributed by atoms with Crippen molar-refractivity contribution in [2.24, 2.45) is 0 Å². The maximum absolute atomic E-state index is 12.2. The average Bonchev–Trinajstić information content (AvgIpc) is 2.40. The second-order valence-electron chi connectivity index (χ2n) is 4.38. The molecular weight excluding hydrogens is 252 g/mol. The number of para-hydroxylation sites is 1. The average molecular weight is 270 g/mol. The van der Waals surface area contributed by atoms with E-state index >= 15 is 0 Å². The van der Waals surface area contributed by atoms with E-state index < -0.39 is 10.2 Å². The van der Waals surface area contributed by atoms with Crippen LogP contribution in [-0.2, 0) is 16.8 Å². The smallest absolute Gasteiger partial charge is 0.301 e. The van der Waals surface area contributed by atoms with E-state index in [0.29, 0.717) is 24.3 Å². The highest BCUT2D eigenvalue weighted by molar-refractivity contribution is 7.90. The lowest BCUT2D eigenvalue weighted by molar-refractivity contribution is 0.282. The predicted molar refractivity (Wildman–Crippen MR) is 70.3 cm³/mol. The number of aliphatic hydroxyl groups is 1. The molecule has 1 heterocycles. The van der Waals surface area contributed by atoms with Crippen LogP contribution >= 0.6 is 0 Å². The molecule has 1 aromatic rings. The molecule has 1 aliphatic heterocycles. The van der Waals surface area contributed by atoms with Crippen LogP contribution in [0.15, 0.2) is 24.3 Å². The number of hydrogen-bond acceptors (Lipinski definition) is 3. The Morgan fingerprint density at radius 2 is 1.83 bits per heavy atom. The summed E-state index contributed by atoms with van der Waals surface area (Å²) in [6, 6.07) is 6.87. The van der Waals surface area contributed by atoms with E-state index in [-0.39, 0.29) is 6.61 Å². The van der Waals surface area contributed by atoms with Gasteiger partial charge in [0.2, 0.25) is 0 Å². The molecule has 0 amide bonds. The molecular formula is C12H18N2O3S. The molecule has 18 heavy (non-hydrogen) atoms. The fourth-order valence-corrected chi connectivity index (χ4v) is 3.41. The van der Waals surface area contributed by atoms with Crippen LogP contribution in [0.1, 0.15) is 24.8 Å². The molecule has 1 saturated heterocycles. The lowest BCUT2D eigenvalue weighted by Crippen LogP contribution is -2.39. The molecule has 1 fully saturated rings. The standard InChI is InChI=1S/C12H18N2O3S/c15-10-11-6-2-3-7-12(11)13-18(16,17)14-8-4-1-5-9-14/h2-3,6-7,13,15H,1,4-5,8-10H2. The minimum Gasteiger partial charge on any atom is -0.392 e. The number of nitrogens with zero attached hydrogens (tertiary/aromatic N) is 1. The maximum atomic E-state index is 12.2. The molecule has 1 aliphatic rings. The largest absolute Gasteiger partial charge is 0.392 e. The summed E-state index contributed by atoms with van der Waals surface area (Å²) in [7, 11) is -3.50. The quantitative estimate of drug-likeness (QED) is 0.867. The van der Waals surface area contributed by atoms with E-state index in [0.717, 1.165) is 19.3 Å². The van der Waals surface area contributed by atoms with Gasteiger partial charge in [0.1, 0.15) is 0 Å². The summed E-state index contributed by atoms with van der Waals surface area (Å²) in [5, 5.41) is 9.18. The first-order valence-corrected chi connectivity index (χ1v) is 7.54. The normalized spacial score (nSPS) is 17.6. The van der Waals surface area contributed by atoms with Gasteiger partial charge in [-0.2, -0.15) is 12.7 Å². The van der Waals surface area contributed by atoms with Crippen LogP contribution in [0.2, 0.25) is 0 Å². The predicted octanol–water partition coefficient (Wildman–Crippen LogP) is 1.32. The molecule has 0 aliphatic carbocycles. The topological polar surface area (TPSA) is 69.6 Å². The number of piperidine rings is 1. The van der Waals surface area contributed by atoms with Gasteiger partial charge >= 0.3 is 10.2 Å². The summed E-state index contributed by atoms with van der Waals surface area (Å²) in [4.78, 5) is 0. The number of benzene rings is 1. The monoisotopic (exact) mass is 270 g/mol. The fourth-order valence-electron chi connectivity index (χ4n) is 2.07. The number of hydrogen-bond donors (Lipinski definition) is 2. The molecule has 6 heteroatoms. The highest BCUT2D eigenvalue weighted by atomic mass is 32.2. The van der Waals surface area contributed by atoms with E-state index in [1.54, 1.807) is 24.3 Å². The van der Waals surface area contributed by atoms with E-state index in [2.05, 4.69) is 4.72 Å². The van der Waals surface area contributed by atoms with Crippen LogP contribution in [0.5, 0.6) is 0 Å². The van der Waals surface area contributed by atoms with Crippen LogP contribution in [0.25, 0.3) is 0 Å². The third-order valence-corrected chi connectivity index (χ3v) is 4.60. The van der Waals surface area contributed by atoms with Crippen LogP contribution in [0.4, 0.5) is 5.69 Å². The summed E-state index contributed by atoms with van der Waals surface area (Å²) in [5.41, 5.74) is 1.03. The van der Waals surface area contributed by atoms with Crippen molar-refractivity contribution in [3.8, 4) is 0 Å². The Labute approximate surface area is 108 Å². The van der Waals surface area contributed by atoms with Crippen molar-refractivity contribution in [2.75, 3.05) is 17.8 Å². The van der Waals surface area contributed by atoms with Crippen LogP contribution in [-0.4, -0.2) is 30.9 Å². The van der Waals surface area contributed by atoms with Gasteiger partial charge in [-0.3, -0.25) is 4.72 Å². The molecule has 0 aromatic heterocycles. The Kier molecular flexibility index (Phi) is 4.21. The van der Waals surface area contributed by atoms with E-state index in [4.69, 9.17) is 0 Å². The van der Waals surface area contributed by atoms with Gasteiger partial charge in [-0.05, 0) is 18.9 Å². The summed E-state index contributed by atoms with van der Waals surface area (Å²) >= 11 is 0. The van der Waals surface area contributed by atoms with Gasteiger partial charge in [-0.1, -0.05) is 24.6 Å². The van der Waals surface area contributed by atoms with Crippen molar-refractivity contribution in [3.05, 3.63) is 29.8 Å². The second kappa shape index (κ2) is 5.69. The Bertz CT molecular complexity index is 496. The van der Waals surface area contributed by atoms with E-state index in [9.17, 15) is 13.5 Å². The zero-order valence-electron chi connectivity index (χ0n) is 10.2. The summed E-state index contributed by atoms with van der Waals surface area (Å²) in [5.74, 6) is 0. The van der Waals surface area contributed by atoms with Crippen molar-refractivity contribution in [1.82, 2.24) is 4.31 Å². The molecule has 0 saturated carbocycles. The van der Waals surface area contributed by atoms with E-state index in [1.165, 1.54) is 4.31 Å².